The van der Waals surface area contributed by atoms with E-state index in [1.54, 1.807) is 0 Å². The number of nitrogens with one attached hydrogen (secondary N) is 1. The van der Waals surface area contributed by atoms with Gasteiger partial charge in [-0.3, -0.25) is 0 Å². The van der Waals surface area contributed by atoms with E-state index in [4.69, 9.17) is 11.6 Å². The first-order chi connectivity index (χ1) is 8.69. The maximum Gasteiger partial charge on any atom is 0.0638 e. The lowest BCUT2D eigenvalue weighted by Crippen LogP contribution is -2.18. The highest BCUT2D eigenvalue weighted by atomic mass is 79.9. The third kappa shape index (κ3) is 3.89. The Morgan fingerprint density at radius 1 is 1.28 bits per heavy atom. The van der Waals surface area contributed by atoms with Crippen LogP contribution >= 0.6 is 27.5 Å². The van der Waals surface area contributed by atoms with Gasteiger partial charge in [-0.25, -0.2) is 0 Å². The monoisotopic (exact) mass is 329 g/mol. The Hall–Kier alpha value is -0.210. The van der Waals surface area contributed by atoms with Crippen LogP contribution in [0.15, 0.2) is 22.7 Å². The number of hydrogen-bond acceptors (Lipinski definition) is 1. The van der Waals surface area contributed by atoms with Crippen LogP contribution in [0.1, 0.15) is 45.4 Å². The topological polar surface area (TPSA) is 12.0 Å². The van der Waals surface area contributed by atoms with Gasteiger partial charge in [0, 0.05) is 10.5 Å². The maximum absolute atomic E-state index is 6.23. The van der Waals surface area contributed by atoms with E-state index in [-0.39, 0.29) is 0 Å². The molecule has 0 bridgehead atoms. The van der Waals surface area contributed by atoms with Gasteiger partial charge in [-0.15, -0.1) is 0 Å². The van der Waals surface area contributed by atoms with E-state index in [1.165, 1.54) is 38.5 Å². The minimum Gasteiger partial charge on any atom is -0.381 e. The lowest BCUT2D eigenvalue weighted by Gasteiger charge is -2.19. The maximum atomic E-state index is 6.23. The van der Waals surface area contributed by atoms with Crippen molar-refractivity contribution in [3.63, 3.8) is 0 Å². The van der Waals surface area contributed by atoms with E-state index in [9.17, 15) is 0 Å². The van der Waals surface area contributed by atoms with E-state index < -0.39 is 0 Å². The summed E-state index contributed by atoms with van der Waals surface area (Å²) in [6.07, 6.45) is 7.92. The van der Waals surface area contributed by atoms with Crippen molar-refractivity contribution in [1.29, 1.82) is 0 Å². The molecule has 0 heterocycles. The molecule has 0 aliphatic heterocycles. The molecule has 1 aromatic rings. The SMILES string of the molecule is CCC1CCCC(Nc2cc(Br)ccc2Cl)CC1. The van der Waals surface area contributed by atoms with Gasteiger partial charge < -0.3 is 5.32 Å². The average molecular weight is 331 g/mol. The molecule has 1 aromatic carbocycles. The number of rotatable bonds is 3. The molecule has 0 amide bonds. The molecule has 100 valence electrons. The first kappa shape index (κ1) is 14.2. The van der Waals surface area contributed by atoms with Gasteiger partial charge in [0.15, 0.2) is 0 Å². The van der Waals surface area contributed by atoms with Crippen LogP contribution in [-0.4, -0.2) is 6.04 Å². The van der Waals surface area contributed by atoms with Crippen LogP contribution in [0.2, 0.25) is 5.02 Å². The number of anilines is 1. The Labute approximate surface area is 123 Å². The average Bonchev–Trinajstić information content (AvgIpc) is 2.59. The van der Waals surface area contributed by atoms with Crippen molar-refractivity contribution >= 4 is 33.2 Å². The van der Waals surface area contributed by atoms with E-state index in [2.05, 4.69) is 34.2 Å². The zero-order valence-corrected chi connectivity index (χ0v) is 13.2. The van der Waals surface area contributed by atoms with Crippen LogP contribution in [0.4, 0.5) is 5.69 Å². The molecule has 0 spiro atoms. The summed E-state index contributed by atoms with van der Waals surface area (Å²) in [4.78, 5) is 0. The lowest BCUT2D eigenvalue weighted by atomic mass is 9.98. The molecule has 1 saturated carbocycles. The van der Waals surface area contributed by atoms with E-state index >= 15 is 0 Å². The van der Waals surface area contributed by atoms with Gasteiger partial charge in [-0.05, 0) is 43.4 Å². The first-order valence-corrected chi connectivity index (χ1v) is 8.07. The molecule has 2 atom stereocenters. The molecule has 1 aliphatic carbocycles. The van der Waals surface area contributed by atoms with Crippen molar-refractivity contribution < 1.29 is 0 Å². The second-order valence-electron chi connectivity index (χ2n) is 5.25. The van der Waals surface area contributed by atoms with Crippen molar-refractivity contribution in [3.8, 4) is 0 Å². The Balaban J connectivity index is 1.98. The van der Waals surface area contributed by atoms with Crippen molar-refractivity contribution in [3.05, 3.63) is 27.7 Å². The summed E-state index contributed by atoms with van der Waals surface area (Å²) in [6.45, 7) is 2.31. The summed E-state index contributed by atoms with van der Waals surface area (Å²) in [6, 6.07) is 6.57. The summed E-state index contributed by atoms with van der Waals surface area (Å²) in [5, 5.41) is 4.43. The molecular formula is C15H21BrClN. The second kappa shape index (κ2) is 6.81. The van der Waals surface area contributed by atoms with Crippen LogP contribution in [0.25, 0.3) is 0 Å². The fourth-order valence-corrected chi connectivity index (χ4v) is 3.29. The third-order valence-electron chi connectivity index (χ3n) is 3.95. The zero-order valence-electron chi connectivity index (χ0n) is 10.9. The molecule has 2 rings (SSSR count). The Bertz CT molecular complexity index is 394. The number of hydrogen-bond donors (Lipinski definition) is 1. The molecule has 0 aromatic heterocycles. The Morgan fingerprint density at radius 3 is 2.89 bits per heavy atom. The van der Waals surface area contributed by atoms with Gasteiger partial charge in [0.25, 0.3) is 0 Å². The van der Waals surface area contributed by atoms with Crippen LogP contribution in [0, 0.1) is 5.92 Å². The van der Waals surface area contributed by atoms with E-state index in [0.717, 1.165) is 21.1 Å². The van der Waals surface area contributed by atoms with Crippen LogP contribution in [-0.2, 0) is 0 Å². The van der Waals surface area contributed by atoms with E-state index in [1.807, 2.05) is 12.1 Å². The van der Waals surface area contributed by atoms with Gasteiger partial charge in [0.05, 0.1) is 10.7 Å². The summed E-state index contributed by atoms with van der Waals surface area (Å²) in [5.41, 5.74) is 1.06. The summed E-state index contributed by atoms with van der Waals surface area (Å²) in [5.74, 6) is 0.926. The number of benzene rings is 1. The summed E-state index contributed by atoms with van der Waals surface area (Å²) in [7, 11) is 0. The predicted molar refractivity (Wildman–Crippen MR) is 83.4 cm³/mol. The molecule has 1 fully saturated rings. The second-order valence-corrected chi connectivity index (χ2v) is 6.57. The standard InChI is InChI=1S/C15H21BrClN/c1-2-11-4-3-5-13(8-6-11)18-15-10-12(16)7-9-14(15)17/h7,9-11,13,18H,2-6,8H2,1H3. The minimum absolute atomic E-state index is 0.577. The van der Waals surface area contributed by atoms with Crippen molar-refractivity contribution in [2.24, 2.45) is 5.92 Å². The Morgan fingerprint density at radius 2 is 2.11 bits per heavy atom. The van der Waals surface area contributed by atoms with Gasteiger partial charge in [0.2, 0.25) is 0 Å². The highest BCUT2D eigenvalue weighted by Gasteiger charge is 2.18. The van der Waals surface area contributed by atoms with Gasteiger partial charge >= 0.3 is 0 Å². The molecular weight excluding hydrogens is 310 g/mol. The molecule has 0 radical (unpaired) electrons. The van der Waals surface area contributed by atoms with Crippen LogP contribution in [0.5, 0.6) is 0 Å². The van der Waals surface area contributed by atoms with Gasteiger partial charge in [-0.1, -0.05) is 53.7 Å². The molecule has 18 heavy (non-hydrogen) atoms. The highest BCUT2D eigenvalue weighted by Crippen LogP contribution is 2.31. The molecule has 0 saturated heterocycles. The number of halogens is 2. The van der Waals surface area contributed by atoms with Crippen molar-refractivity contribution in [2.45, 2.75) is 51.5 Å². The normalized spacial score (nSPS) is 24.6. The molecule has 1 aliphatic rings. The largest absolute Gasteiger partial charge is 0.381 e. The fraction of sp³-hybridized carbons (Fsp3) is 0.600. The summed E-state index contributed by atoms with van der Waals surface area (Å²) >= 11 is 9.73. The van der Waals surface area contributed by atoms with Crippen molar-refractivity contribution in [1.82, 2.24) is 0 Å². The third-order valence-corrected chi connectivity index (χ3v) is 4.78. The van der Waals surface area contributed by atoms with Crippen molar-refractivity contribution in [2.75, 3.05) is 5.32 Å². The highest BCUT2D eigenvalue weighted by molar-refractivity contribution is 9.10. The van der Waals surface area contributed by atoms with Gasteiger partial charge in [-0.2, -0.15) is 0 Å². The molecule has 2 unspecified atom stereocenters. The minimum atomic E-state index is 0.577. The first-order valence-electron chi connectivity index (χ1n) is 6.90. The van der Waals surface area contributed by atoms with Gasteiger partial charge in [0.1, 0.15) is 0 Å². The van der Waals surface area contributed by atoms with Crippen LogP contribution in [0.3, 0.4) is 0 Å². The van der Waals surface area contributed by atoms with Crippen LogP contribution < -0.4 is 5.32 Å². The Kier molecular flexibility index (Phi) is 5.38. The fourth-order valence-electron chi connectivity index (χ4n) is 2.76. The lowest BCUT2D eigenvalue weighted by molar-refractivity contribution is 0.444. The molecule has 1 N–H and O–H groups in total. The molecule has 3 heteroatoms. The molecule has 1 nitrogen and oxygen atoms in total. The van der Waals surface area contributed by atoms with E-state index in [0.29, 0.717) is 6.04 Å². The predicted octanol–water partition coefficient (Wildman–Crippen LogP) is 5.87. The zero-order chi connectivity index (χ0) is 13.0. The quantitative estimate of drug-likeness (QED) is 0.683. The smallest absolute Gasteiger partial charge is 0.0638 e. The summed E-state index contributed by atoms with van der Waals surface area (Å²) < 4.78 is 1.08.